The Hall–Kier alpha value is -2.46. The molecule has 1 saturated heterocycles. The fraction of sp³-hybridized carbons (Fsp3) is 0.438. The van der Waals surface area contributed by atoms with Gasteiger partial charge in [0, 0.05) is 0 Å². The minimum absolute atomic E-state index is 0.306. The maximum Gasteiger partial charge on any atom is 0.351 e. The summed E-state index contributed by atoms with van der Waals surface area (Å²) in [6.07, 6.45) is -1.14. The van der Waals surface area contributed by atoms with Crippen LogP contribution < -0.4 is 11.0 Å². The number of aryl methyl sites for hydroxylation is 2. The van der Waals surface area contributed by atoms with Gasteiger partial charge in [-0.05, 0) is 31.5 Å². The minimum atomic E-state index is -3.37. The zero-order valence-electron chi connectivity index (χ0n) is 14.4. The summed E-state index contributed by atoms with van der Waals surface area (Å²) in [5.74, 6) is -0.884. The summed E-state index contributed by atoms with van der Waals surface area (Å²) < 4.78 is 25.4. The van der Waals surface area contributed by atoms with Gasteiger partial charge in [-0.15, -0.1) is 0 Å². The fourth-order valence-electron chi connectivity index (χ4n) is 2.97. The topological polar surface area (TPSA) is 123 Å². The van der Waals surface area contributed by atoms with Crippen LogP contribution >= 0.6 is 0 Å². The van der Waals surface area contributed by atoms with Gasteiger partial charge in [-0.1, -0.05) is 12.1 Å². The number of aliphatic hydroxyl groups is 1. The standard InChI is InChI=1S/C16H20N4O5S/c1-10-4-3-5-12(6-10)20-16(23)19(11(2)18-20)7-15(22)17-13-8-26(24,25)9-14(13)21/h3-6,13-14,21H,7-9H2,1-2H3,(H,17,22)/t13-,14-/m1/s1. The van der Waals surface area contributed by atoms with Crippen molar-refractivity contribution in [2.75, 3.05) is 11.5 Å². The summed E-state index contributed by atoms with van der Waals surface area (Å²) in [5.41, 5.74) is 1.09. The maximum absolute atomic E-state index is 12.6. The molecule has 2 N–H and O–H groups in total. The first-order chi connectivity index (χ1) is 12.2. The molecule has 0 saturated carbocycles. The van der Waals surface area contributed by atoms with Crippen molar-refractivity contribution in [1.29, 1.82) is 0 Å². The predicted molar refractivity (Wildman–Crippen MR) is 93.9 cm³/mol. The Balaban J connectivity index is 1.78. The van der Waals surface area contributed by atoms with Crippen molar-refractivity contribution in [2.45, 2.75) is 32.5 Å². The van der Waals surface area contributed by atoms with E-state index in [1.165, 1.54) is 9.25 Å². The van der Waals surface area contributed by atoms with Gasteiger partial charge in [0.1, 0.15) is 12.4 Å². The monoisotopic (exact) mass is 380 g/mol. The molecule has 1 aliphatic heterocycles. The number of sulfone groups is 1. The lowest BCUT2D eigenvalue weighted by Gasteiger charge is -2.14. The summed E-state index contributed by atoms with van der Waals surface area (Å²) in [6, 6.07) is 6.38. The average molecular weight is 380 g/mol. The SMILES string of the molecule is Cc1cccc(-n2nc(C)n(CC(=O)N[C@@H]3CS(=O)(=O)C[C@H]3O)c2=O)c1. The Morgan fingerprint density at radius 3 is 2.69 bits per heavy atom. The van der Waals surface area contributed by atoms with Crippen molar-refractivity contribution in [3.8, 4) is 5.69 Å². The third-order valence-corrected chi connectivity index (χ3v) is 5.98. The van der Waals surface area contributed by atoms with E-state index in [0.29, 0.717) is 11.5 Å². The Bertz CT molecular complexity index is 1010. The second kappa shape index (κ2) is 6.69. The molecule has 10 heteroatoms. The van der Waals surface area contributed by atoms with Crippen molar-refractivity contribution in [2.24, 2.45) is 0 Å². The number of hydrogen-bond acceptors (Lipinski definition) is 6. The normalized spacial score (nSPS) is 21.7. The van der Waals surface area contributed by atoms with E-state index in [9.17, 15) is 23.1 Å². The van der Waals surface area contributed by atoms with Crippen molar-refractivity contribution >= 4 is 15.7 Å². The van der Waals surface area contributed by atoms with E-state index in [-0.39, 0.29) is 18.1 Å². The van der Waals surface area contributed by atoms with Gasteiger partial charge in [-0.25, -0.2) is 13.2 Å². The molecule has 1 aromatic carbocycles. The second-order valence-corrected chi connectivity index (χ2v) is 8.64. The Labute approximate surface area is 150 Å². The number of nitrogens with one attached hydrogen (secondary N) is 1. The number of carbonyl (C=O) groups is 1. The largest absolute Gasteiger partial charge is 0.390 e. The average Bonchev–Trinajstić information content (AvgIpc) is 2.96. The van der Waals surface area contributed by atoms with Gasteiger partial charge >= 0.3 is 5.69 Å². The number of aliphatic hydroxyl groups excluding tert-OH is 1. The van der Waals surface area contributed by atoms with Crippen LogP contribution in [-0.4, -0.2) is 57.4 Å². The summed E-state index contributed by atoms with van der Waals surface area (Å²) in [7, 11) is -3.37. The number of hydrogen-bond donors (Lipinski definition) is 2. The van der Waals surface area contributed by atoms with Crippen LogP contribution in [0.5, 0.6) is 0 Å². The Kier molecular flexibility index (Phi) is 4.72. The van der Waals surface area contributed by atoms with Crippen molar-refractivity contribution in [3.63, 3.8) is 0 Å². The third-order valence-electron chi connectivity index (χ3n) is 4.26. The molecule has 3 rings (SSSR count). The molecule has 0 radical (unpaired) electrons. The summed E-state index contributed by atoms with van der Waals surface area (Å²) in [4.78, 5) is 24.8. The minimum Gasteiger partial charge on any atom is -0.390 e. The third kappa shape index (κ3) is 3.70. The van der Waals surface area contributed by atoms with E-state index in [2.05, 4.69) is 10.4 Å². The molecule has 1 aliphatic rings. The summed E-state index contributed by atoms with van der Waals surface area (Å²) >= 11 is 0. The van der Waals surface area contributed by atoms with Crippen LogP contribution in [0.25, 0.3) is 5.69 Å². The number of aromatic nitrogens is 3. The van der Waals surface area contributed by atoms with E-state index >= 15 is 0 Å². The van der Waals surface area contributed by atoms with Crippen LogP contribution in [-0.2, 0) is 21.2 Å². The summed E-state index contributed by atoms with van der Waals surface area (Å²) in [5, 5.41) is 16.4. The van der Waals surface area contributed by atoms with Crippen molar-refractivity contribution < 1.29 is 18.3 Å². The van der Waals surface area contributed by atoms with Crippen molar-refractivity contribution in [3.05, 3.63) is 46.1 Å². The number of amides is 1. The first-order valence-electron chi connectivity index (χ1n) is 8.07. The van der Waals surface area contributed by atoms with Gasteiger partial charge in [-0.2, -0.15) is 9.78 Å². The van der Waals surface area contributed by atoms with Crippen LogP contribution in [0.15, 0.2) is 29.1 Å². The van der Waals surface area contributed by atoms with Gasteiger partial charge in [-0.3, -0.25) is 9.36 Å². The van der Waals surface area contributed by atoms with Crippen LogP contribution in [0.1, 0.15) is 11.4 Å². The van der Waals surface area contributed by atoms with Crippen LogP contribution in [0, 0.1) is 13.8 Å². The molecular formula is C16H20N4O5S. The van der Waals surface area contributed by atoms with E-state index < -0.39 is 33.6 Å². The molecule has 2 atom stereocenters. The molecule has 2 heterocycles. The van der Waals surface area contributed by atoms with Gasteiger partial charge < -0.3 is 10.4 Å². The highest BCUT2D eigenvalue weighted by molar-refractivity contribution is 7.91. The molecule has 1 amide bonds. The first-order valence-corrected chi connectivity index (χ1v) is 9.90. The zero-order valence-corrected chi connectivity index (χ0v) is 15.2. The highest BCUT2D eigenvalue weighted by Crippen LogP contribution is 2.12. The van der Waals surface area contributed by atoms with Crippen LogP contribution in [0.2, 0.25) is 0 Å². The zero-order chi connectivity index (χ0) is 19.1. The smallest absolute Gasteiger partial charge is 0.351 e. The molecular weight excluding hydrogens is 360 g/mol. The molecule has 140 valence electrons. The summed E-state index contributed by atoms with van der Waals surface area (Å²) in [6.45, 7) is 3.20. The maximum atomic E-state index is 12.6. The molecule has 26 heavy (non-hydrogen) atoms. The number of nitrogens with zero attached hydrogens (tertiary/aromatic N) is 3. The van der Waals surface area contributed by atoms with E-state index in [1.54, 1.807) is 25.1 Å². The molecule has 9 nitrogen and oxygen atoms in total. The number of carbonyl (C=O) groups excluding carboxylic acids is 1. The van der Waals surface area contributed by atoms with Crippen molar-refractivity contribution in [1.82, 2.24) is 19.7 Å². The predicted octanol–water partition coefficient (Wildman–Crippen LogP) is -1.08. The van der Waals surface area contributed by atoms with Crippen LogP contribution in [0.3, 0.4) is 0 Å². The Morgan fingerprint density at radius 2 is 2.08 bits per heavy atom. The number of benzene rings is 1. The molecule has 1 aromatic heterocycles. The molecule has 0 unspecified atom stereocenters. The quantitative estimate of drug-likeness (QED) is 0.696. The molecule has 1 fully saturated rings. The van der Waals surface area contributed by atoms with E-state index in [0.717, 1.165) is 5.56 Å². The van der Waals surface area contributed by atoms with Gasteiger partial charge in [0.25, 0.3) is 0 Å². The van der Waals surface area contributed by atoms with E-state index in [4.69, 9.17) is 0 Å². The highest BCUT2D eigenvalue weighted by Gasteiger charge is 2.37. The van der Waals surface area contributed by atoms with E-state index in [1.807, 2.05) is 13.0 Å². The van der Waals surface area contributed by atoms with Gasteiger partial charge in [0.2, 0.25) is 5.91 Å². The first kappa shape index (κ1) is 18.3. The lowest BCUT2D eigenvalue weighted by Crippen LogP contribution is -2.45. The Morgan fingerprint density at radius 1 is 1.35 bits per heavy atom. The molecule has 0 bridgehead atoms. The molecule has 0 aliphatic carbocycles. The fourth-order valence-corrected chi connectivity index (χ4v) is 4.71. The number of rotatable bonds is 4. The molecule has 0 spiro atoms. The lowest BCUT2D eigenvalue weighted by molar-refractivity contribution is -0.122. The van der Waals surface area contributed by atoms with Gasteiger partial charge in [0.15, 0.2) is 9.84 Å². The van der Waals surface area contributed by atoms with Gasteiger partial charge in [0.05, 0.1) is 29.3 Å². The molecule has 2 aromatic rings. The lowest BCUT2D eigenvalue weighted by atomic mass is 10.2. The second-order valence-electron chi connectivity index (χ2n) is 6.48. The highest BCUT2D eigenvalue weighted by atomic mass is 32.2. The van der Waals surface area contributed by atoms with Crippen LogP contribution in [0.4, 0.5) is 0 Å².